The molecule has 4 rings (SSSR count). The standard InChI is InChI=1S/C25H26N2O2/c1-18-10-6-7-13-22(18)25(20-11-4-3-5-12-20)29-17-21(28)16-27-19(2)26-23-14-8-9-15-24(23)27/h3-15,21,25,28H,16-17H2,1-2H3/t21-,25-/m0/s1. The normalized spacial score (nSPS) is 13.5. The fraction of sp³-hybridized carbons (Fsp3) is 0.240. The lowest BCUT2D eigenvalue weighted by atomic mass is 9.97. The van der Waals surface area contributed by atoms with E-state index in [1.165, 1.54) is 5.56 Å². The van der Waals surface area contributed by atoms with Gasteiger partial charge >= 0.3 is 0 Å². The van der Waals surface area contributed by atoms with E-state index in [0.717, 1.165) is 28.0 Å². The highest BCUT2D eigenvalue weighted by atomic mass is 16.5. The average molecular weight is 386 g/mol. The van der Waals surface area contributed by atoms with E-state index >= 15 is 0 Å². The summed E-state index contributed by atoms with van der Waals surface area (Å²) in [6.45, 7) is 4.74. The van der Waals surface area contributed by atoms with Gasteiger partial charge in [0.25, 0.3) is 0 Å². The number of benzene rings is 3. The predicted molar refractivity (Wildman–Crippen MR) is 116 cm³/mol. The van der Waals surface area contributed by atoms with Gasteiger partial charge in [-0.2, -0.15) is 0 Å². The molecule has 0 saturated heterocycles. The molecule has 1 aromatic heterocycles. The molecule has 4 nitrogen and oxygen atoms in total. The zero-order valence-corrected chi connectivity index (χ0v) is 16.8. The first kappa shape index (κ1) is 19.4. The summed E-state index contributed by atoms with van der Waals surface area (Å²) in [6, 6.07) is 26.4. The van der Waals surface area contributed by atoms with Crippen molar-refractivity contribution in [2.45, 2.75) is 32.6 Å². The van der Waals surface area contributed by atoms with Crippen LogP contribution in [0.5, 0.6) is 0 Å². The molecule has 1 N–H and O–H groups in total. The van der Waals surface area contributed by atoms with Gasteiger partial charge in [-0.15, -0.1) is 0 Å². The monoisotopic (exact) mass is 386 g/mol. The number of aliphatic hydroxyl groups is 1. The average Bonchev–Trinajstić information content (AvgIpc) is 3.05. The fourth-order valence-electron chi connectivity index (χ4n) is 3.77. The van der Waals surface area contributed by atoms with Crippen molar-refractivity contribution in [1.82, 2.24) is 9.55 Å². The summed E-state index contributed by atoms with van der Waals surface area (Å²) in [6.07, 6.45) is -0.853. The van der Waals surface area contributed by atoms with Crippen molar-refractivity contribution in [3.63, 3.8) is 0 Å². The molecule has 1 heterocycles. The van der Waals surface area contributed by atoms with Gasteiger partial charge in [0, 0.05) is 0 Å². The molecule has 2 atom stereocenters. The molecule has 0 fully saturated rings. The molecule has 0 aliphatic rings. The second-order valence-corrected chi connectivity index (χ2v) is 7.39. The molecular weight excluding hydrogens is 360 g/mol. The highest BCUT2D eigenvalue weighted by molar-refractivity contribution is 5.75. The van der Waals surface area contributed by atoms with Crippen molar-refractivity contribution in [3.05, 3.63) is 101 Å². The van der Waals surface area contributed by atoms with Gasteiger partial charge in [0.15, 0.2) is 0 Å². The highest BCUT2D eigenvalue weighted by Crippen LogP contribution is 2.28. The van der Waals surface area contributed by atoms with Gasteiger partial charge in [-0.25, -0.2) is 4.98 Å². The molecule has 0 saturated carbocycles. The molecule has 0 spiro atoms. The lowest BCUT2D eigenvalue weighted by Gasteiger charge is -2.23. The van der Waals surface area contributed by atoms with E-state index in [-0.39, 0.29) is 12.7 Å². The first-order valence-electron chi connectivity index (χ1n) is 9.95. The first-order valence-corrected chi connectivity index (χ1v) is 9.95. The van der Waals surface area contributed by atoms with Gasteiger partial charge in [0.2, 0.25) is 0 Å². The maximum atomic E-state index is 10.7. The Morgan fingerprint density at radius 2 is 1.59 bits per heavy atom. The van der Waals surface area contributed by atoms with Gasteiger partial charge in [-0.05, 0) is 42.7 Å². The molecule has 4 aromatic rings. The number of hydrogen-bond donors (Lipinski definition) is 1. The van der Waals surface area contributed by atoms with Crippen LogP contribution >= 0.6 is 0 Å². The third kappa shape index (κ3) is 4.24. The third-order valence-electron chi connectivity index (χ3n) is 5.27. The summed E-state index contributed by atoms with van der Waals surface area (Å²) in [5.41, 5.74) is 5.35. The summed E-state index contributed by atoms with van der Waals surface area (Å²) < 4.78 is 8.32. The van der Waals surface area contributed by atoms with E-state index in [2.05, 4.69) is 40.7 Å². The van der Waals surface area contributed by atoms with Crippen LogP contribution in [0, 0.1) is 13.8 Å². The molecule has 3 aromatic carbocycles. The zero-order chi connectivity index (χ0) is 20.2. The quantitative estimate of drug-likeness (QED) is 0.495. The van der Waals surface area contributed by atoms with E-state index < -0.39 is 6.10 Å². The molecular formula is C25H26N2O2. The second-order valence-electron chi connectivity index (χ2n) is 7.39. The molecule has 4 heteroatoms. The molecule has 148 valence electrons. The number of hydrogen-bond acceptors (Lipinski definition) is 3. The summed E-state index contributed by atoms with van der Waals surface area (Å²) >= 11 is 0. The largest absolute Gasteiger partial charge is 0.389 e. The van der Waals surface area contributed by atoms with E-state index in [0.29, 0.717) is 6.54 Å². The maximum absolute atomic E-state index is 10.7. The Labute approximate surface area is 171 Å². The first-order chi connectivity index (χ1) is 14.1. The zero-order valence-electron chi connectivity index (χ0n) is 16.8. The number of para-hydroxylation sites is 2. The van der Waals surface area contributed by atoms with E-state index in [4.69, 9.17) is 4.74 Å². The van der Waals surface area contributed by atoms with Crippen molar-refractivity contribution in [2.24, 2.45) is 0 Å². The fourth-order valence-corrected chi connectivity index (χ4v) is 3.77. The smallest absolute Gasteiger partial charge is 0.108 e. The number of nitrogens with zero attached hydrogens (tertiary/aromatic N) is 2. The van der Waals surface area contributed by atoms with Gasteiger partial charge < -0.3 is 14.4 Å². The Hall–Kier alpha value is -2.95. The van der Waals surface area contributed by atoms with Gasteiger partial charge in [-0.1, -0.05) is 66.7 Å². The maximum Gasteiger partial charge on any atom is 0.108 e. The van der Waals surface area contributed by atoms with Crippen molar-refractivity contribution < 1.29 is 9.84 Å². The molecule has 0 amide bonds. The SMILES string of the molecule is Cc1ccccc1[C@@H](OC[C@@H](O)Cn1c(C)nc2ccccc21)c1ccccc1. The number of ether oxygens (including phenoxy) is 1. The Morgan fingerprint density at radius 3 is 2.38 bits per heavy atom. The molecule has 0 radical (unpaired) electrons. The number of aliphatic hydroxyl groups excluding tert-OH is 1. The molecule has 0 aliphatic carbocycles. The Bertz CT molecular complexity index is 1090. The van der Waals surface area contributed by atoms with Crippen LogP contribution in [-0.2, 0) is 11.3 Å². The van der Waals surface area contributed by atoms with E-state index in [9.17, 15) is 5.11 Å². The van der Waals surface area contributed by atoms with Crippen molar-refractivity contribution in [1.29, 1.82) is 0 Å². The van der Waals surface area contributed by atoms with Crippen LogP contribution in [-0.4, -0.2) is 27.4 Å². The molecule has 0 unspecified atom stereocenters. The number of imidazole rings is 1. The Morgan fingerprint density at radius 1 is 0.897 bits per heavy atom. The third-order valence-corrected chi connectivity index (χ3v) is 5.27. The number of aryl methyl sites for hydroxylation is 2. The van der Waals surface area contributed by atoms with Crippen LogP contribution < -0.4 is 0 Å². The van der Waals surface area contributed by atoms with E-state index in [1.54, 1.807) is 0 Å². The summed E-state index contributed by atoms with van der Waals surface area (Å²) in [4.78, 5) is 4.58. The summed E-state index contributed by atoms with van der Waals surface area (Å²) in [5, 5.41) is 10.7. The molecule has 0 bridgehead atoms. The summed E-state index contributed by atoms with van der Waals surface area (Å²) in [5.74, 6) is 0.892. The van der Waals surface area contributed by atoms with Gasteiger partial charge in [0.05, 0.1) is 30.3 Å². The van der Waals surface area contributed by atoms with Gasteiger partial charge in [0.1, 0.15) is 11.9 Å². The lowest BCUT2D eigenvalue weighted by molar-refractivity contribution is -0.000553. The van der Waals surface area contributed by atoms with Crippen molar-refractivity contribution in [2.75, 3.05) is 6.61 Å². The van der Waals surface area contributed by atoms with Crippen LogP contribution in [0.4, 0.5) is 0 Å². The van der Waals surface area contributed by atoms with Crippen LogP contribution in [0.2, 0.25) is 0 Å². The van der Waals surface area contributed by atoms with Crippen molar-refractivity contribution in [3.8, 4) is 0 Å². The van der Waals surface area contributed by atoms with Crippen LogP contribution in [0.1, 0.15) is 28.6 Å². The Balaban J connectivity index is 1.53. The molecule has 0 aliphatic heterocycles. The number of aromatic nitrogens is 2. The highest BCUT2D eigenvalue weighted by Gasteiger charge is 2.19. The van der Waals surface area contributed by atoms with Crippen LogP contribution in [0.3, 0.4) is 0 Å². The van der Waals surface area contributed by atoms with Crippen molar-refractivity contribution >= 4 is 11.0 Å². The minimum atomic E-state index is -0.637. The lowest BCUT2D eigenvalue weighted by Crippen LogP contribution is -2.24. The van der Waals surface area contributed by atoms with Crippen LogP contribution in [0.25, 0.3) is 11.0 Å². The number of fused-ring (bicyclic) bond motifs is 1. The number of rotatable bonds is 7. The molecule has 29 heavy (non-hydrogen) atoms. The Kier molecular flexibility index (Phi) is 5.74. The van der Waals surface area contributed by atoms with Crippen LogP contribution in [0.15, 0.2) is 78.9 Å². The topological polar surface area (TPSA) is 47.3 Å². The minimum Gasteiger partial charge on any atom is -0.389 e. The predicted octanol–water partition coefficient (Wildman–Crippen LogP) is 4.82. The summed E-state index contributed by atoms with van der Waals surface area (Å²) in [7, 11) is 0. The van der Waals surface area contributed by atoms with E-state index in [1.807, 2.05) is 61.5 Å². The second kappa shape index (κ2) is 8.60. The van der Waals surface area contributed by atoms with Gasteiger partial charge in [-0.3, -0.25) is 0 Å². The minimum absolute atomic E-state index is 0.215.